The maximum atomic E-state index is 12.4. The van der Waals surface area contributed by atoms with Gasteiger partial charge in [0.25, 0.3) is 5.69 Å². The third kappa shape index (κ3) is 3.67. The summed E-state index contributed by atoms with van der Waals surface area (Å²) in [7, 11) is -2.53. The van der Waals surface area contributed by atoms with Crippen molar-refractivity contribution in [3.05, 3.63) is 28.3 Å². The zero-order chi connectivity index (χ0) is 15.7. The summed E-state index contributed by atoms with van der Waals surface area (Å²) in [6.07, 6.45) is 0. The first-order chi connectivity index (χ1) is 8.95. The number of nitrogens with zero attached hydrogens (tertiary/aromatic N) is 2. The molecule has 0 spiro atoms. The van der Waals surface area contributed by atoms with Crippen molar-refractivity contribution in [3.8, 4) is 0 Å². The van der Waals surface area contributed by atoms with E-state index in [0.717, 1.165) is 10.4 Å². The Balaban J connectivity index is 3.32. The fraction of sp³-hybridized carbons (Fsp3) is 0.500. The Morgan fingerprint density at radius 1 is 1.35 bits per heavy atom. The predicted molar refractivity (Wildman–Crippen MR) is 76.8 cm³/mol. The van der Waals surface area contributed by atoms with E-state index in [-0.39, 0.29) is 22.5 Å². The van der Waals surface area contributed by atoms with Gasteiger partial charge in [-0.25, -0.2) is 12.7 Å². The van der Waals surface area contributed by atoms with E-state index in [9.17, 15) is 18.5 Å². The molecule has 0 bridgehead atoms. The van der Waals surface area contributed by atoms with Crippen molar-refractivity contribution in [3.63, 3.8) is 0 Å². The van der Waals surface area contributed by atoms with Crippen molar-refractivity contribution in [2.45, 2.75) is 25.7 Å². The smallest absolute Gasteiger partial charge is 0.291 e. The lowest BCUT2D eigenvalue weighted by Gasteiger charge is -2.25. The zero-order valence-electron chi connectivity index (χ0n) is 12.0. The van der Waals surface area contributed by atoms with Crippen molar-refractivity contribution >= 4 is 21.4 Å². The van der Waals surface area contributed by atoms with Gasteiger partial charge in [-0.15, -0.1) is 0 Å². The normalized spacial score (nSPS) is 12.7. The minimum atomic E-state index is -3.93. The number of rotatable bonds is 4. The predicted octanol–water partition coefficient (Wildman–Crippen LogP) is 1.84. The van der Waals surface area contributed by atoms with Gasteiger partial charge in [-0.05, 0) is 17.5 Å². The Hall–Kier alpha value is -1.67. The minimum absolute atomic E-state index is 0.147. The number of nitro groups is 1. The number of anilines is 1. The van der Waals surface area contributed by atoms with Crippen molar-refractivity contribution in [2.24, 2.45) is 5.41 Å². The molecule has 0 saturated carbocycles. The maximum Gasteiger partial charge on any atom is 0.291 e. The van der Waals surface area contributed by atoms with Gasteiger partial charge in [-0.2, -0.15) is 0 Å². The second-order valence-corrected chi connectivity index (χ2v) is 7.82. The summed E-state index contributed by atoms with van der Waals surface area (Å²) in [5, 5.41) is 11.0. The van der Waals surface area contributed by atoms with Gasteiger partial charge >= 0.3 is 0 Å². The Morgan fingerprint density at radius 3 is 2.35 bits per heavy atom. The highest BCUT2D eigenvalue weighted by molar-refractivity contribution is 7.89. The number of hydrogen-bond acceptors (Lipinski definition) is 5. The van der Waals surface area contributed by atoms with E-state index in [1.54, 1.807) is 0 Å². The summed E-state index contributed by atoms with van der Waals surface area (Å²) < 4.78 is 26.0. The average molecular weight is 301 g/mol. The molecule has 2 N–H and O–H groups in total. The Labute approximate surface area is 118 Å². The van der Waals surface area contributed by atoms with E-state index < -0.39 is 20.6 Å². The van der Waals surface area contributed by atoms with Gasteiger partial charge in [0.05, 0.1) is 4.92 Å². The molecule has 7 nitrogen and oxygen atoms in total. The quantitative estimate of drug-likeness (QED) is 0.519. The molecule has 0 atom stereocenters. The summed E-state index contributed by atoms with van der Waals surface area (Å²) in [6, 6.07) is 3.56. The molecule has 0 aliphatic rings. The average Bonchev–Trinajstić information content (AvgIpc) is 2.25. The van der Waals surface area contributed by atoms with Crippen LogP contribution in [0.1, 0.15) is 20.8 Å². The molecule has 112 valence electrons. The Morgan fingerprint density at radius 2 is 1.90 bits per heavy atom. The highest BCUT2D eigenvalue weighted by atomic mass is 32.2. The summed E-state index contributed by atoms with van der Waals surface area (Å²) in [4.78, 5) is 9.91. The molecule has 0 fully saturated rings. The van der Waals surface area contributed by atoms with Gasteiger partial charge in [0.15, 0.2) is 4.90 Å². The molecule has 8 heteroatoms. The van der Waals surface area contributed by atoms with E-state index in [2.05, 4.69) is 0 Å². The van der Waals surface area contributed by atoms with Crippen molar-refractivity contribution in [2.75, 3.05) is 19.3 Å². The first-order valence-electron chi connectivity index (χ1n) is 5.95. The van der Waals surface area contributed by atoms with Crippen LogP contribution in [0.4, 0.5) is 11.4 Å². The topological polar surface area (TPSA) is 107 Å². The standard InChI is InChI=1S/C12H19N3O4S/c1-12(2,3)8-14(4)20(18,19)11-6-5-9(13)7-10(11)15(16)17/h5-7H,8,13H2,1-4H3. The second kappa shape index (κ2) is 5.37. The summed E-state index contributed by atoms with van der Waals surface area (Å²) in [5.74, 6) is 0. The van der Waals surface area contributed by atoms with E-state index in [1.165, 1.54) is 19.2 Å². The monoisotopic (exact) mass is 301 g/mol. The molecule has 0 unspecified atom stereocenters. The van der Waals surface area contributed by atoms with Crippen LogP contribution in [0.15, 0.2) is 23.1 Å². The molecular formula is C12H19N3O4S. The highest BCUT2D eigenvalue weighted by Gasteiger charge is 2.31. The first kappa shape index (κ1) is 16.4. The lowest BCUT2D eigenvalue weighted by molar-refractivity contribution is -0.387. The van der Waals surface area contributed by atoms with Crippen LogP contribution in [0.2, 0.25) is 0 Å². The third-order valence-corrected chi connectivity index (χ3v) is 4.42. The highest BCUT2D eigenvalue weighted by Crippen LogP contribution is 2.29. The van der Waals surface area contributed by atoms with Crippen molar-refractivity contribution in [1.29, 1.82) is 0 Å². The molecule has 0 aliphatic carbocycles. The lowest BCUT2D eigenvalue weighted by atomic mass is 9.97. The minimum Gasteiger partial charge on any atom is -0.399 e. The molecule has 0 radical (unpaired) electrons. The van der Waals surface area contributed by atoms with E-state index in [0.29, 0.717) is 0 Å². The van der Waals surface area contributed by atoms with Crippen LogP contribution in [-0.4, -0.2) is 31.2 Å². The van der Waals surface area contributed by atoms with Crippen LogP contribution in [0.3, 0.4) is 0 Å². The molecule has 1 aromatic carbocycles. The van der Waals surface area contributed by atoms with Gasteiger partial charge in [0.2, 0.25) is 10.0 Å². The molecule has 1 rings (SSSR count). The van der Waals surface area contributed by atoms with Crippen LogP contribution in [0.25, 0.3) is 0 Å². The van der Waals surface area contributed by atoms with Gasteiger partial charge in [-0.3, -0.25) is 10.1 Å². The van der Waals surface area contributed by atoms with E-state index in [4.69, 9.17) is 5.73 Å². The fourth-order valence-corrected chi connectivity index (χ4v) is 3.35. The molecule has 0 aromatic heterocycles. The summed E-state index contributed by atoms with van der Waals surface area (Å²) in [6.45, 7) is 5.90. The van der Waals surface area contributed by atoms with Crippen LogP contribution in [0, 0.1) is 15.5 Å². The zero-order valence-corrected chi connectivity index (χ0v) is 12.8. The van der Waals surface area contributed by atoms with Gasteiger partial charge in [0.1, 0.15) is 0 Å². The van der Waals surface area contributed by atoms with Crippen LogP contribution >= 0.6 is 0 Å². The largest absolute Gasteiger partial charge is 0.399 e. The van der Waals surface area contributed by atoms with Gasteiger partial charge in [-0.1, -0.05) is 20.8 Å². The SMILES string of the molecule is CN(CC(C)(C)C)S(=O)(=O)c1ccc(N)cc1[N+](=O)[O-]. The van der Waals surface area contributed by atoms with Gasteiger partial charge in [0, 0.05) is 25.3 Å². The molecule has 0 amide bonds. The number of nitrogens with two attached hydrogens (primary N) is 1. The fourth-order valence-electron chi connectivity index (χ4n) is 1.82. The molecule has 0 saturated heterocycles. The molecule has 0 aliphatic heterocycles. The molecule has 0 heterocycles. The number of hydrogen-bond donors (Lipinski definition) is 1. The first-order valence-corrected chi connectivity index (χ1v) is 7.39. The van der Waals surface area contributed by atoms with E-state index >= 15 is 0 Å². The summed E-state index contributed by atoms with van der Waals surface area (Å²) in [5.41, 5.74) is 4.85. The number of sulfonamides is 1. The van der Waals surface area contributed by atoms with Crippen LogP contribution in [0.5, 0.6) is 0 Å². The number of benzene rings is 1. The van der Waals surface area contributed by atoms with E-state index in [1.807, 2.05) is 20.8 Å². The van der Waals surface area contributed by atoms with Gasteiger partial charge < -0.3 is 5.73 Å². The lowest BCUT2D eigenvalue weighted by Crippen LogP contribution is -2.34. The Bertz CT molecular complexity index is 620. The Kier molecular flexibility index (Phi) is 4.40. The second-order valence-electron chi connectivity index (χ2n) is 5.81. The van der Waals surface area contributed by atoms with Crippen LogP contribution < -0.4 is 5.73 Å². The molecule has 1 aromatic rings. The maximum absolute atomic E-state index is 12.4. The summed E-state index contributed by atoms with van der Waals surface area (Å²) >= 11 is 0. The van der Waals surface area contributed by atoms with Crippen molar-refractivity contribution in [1.82, 2.24) is 4.31 Å². The van der Waals surface area contributed by atoms with Crippen molar-refractivity contribution < 1.29 is 13.3 Å². The molecule has 20 heavy (non-hydrogen) atoms. The third-order valence-electron chi connectivity index (χ3n) is 2.56. The number of nitro benzene ring substituents is 1. The molecular weight excluding hydrogens is 282 g/mol. The van der Waals surface area contributed by atoms with Crippen LogP contribution in [-0.2, 0) is 10.0 Å². The number of nitrogen functional groups attached to an aromatic ring is 1.